The Balaban J connectivity index is 1.76. The minimum Gasteiger partial charge on any atom is -0.484 e. The Hall–Kier alpha value is -3.73. The van der Waals surface area contributed by atoms with Crippen LogP contribution in [-0.2, 0) is 30.9 Å². The third-order valence-corrected chi connectivity index (χ3v) is 7.78. The van der Waals surface area contributed by atoms with Gasteiger partial charge in [0.1, 0.15) is 17.7 Å². The highest BCUT2D eigenvalue weighted by Gasteiger charge is 2.28. The van der Waals surface area contributed by atoms with Gasteiger partial charge in [0.25, 0.3) is 0 Å². The maximum Gasteiger partial charge on any atom is 0.360 e. The summed E-state index contributed by atoms with van der Waals surface area (Å²) in [5.74, 6) is -0.984. The maximum absolute atomic E-state index is 13.3. The Labute approximate surface area is 235 Å². The fraction of sp³-hybridized carbons (Fsp3) is 0.448. The Bertz CT molecular complexity index is 1420. The highest BCUT2D eigenvalue weighted by Crippen LogP contribution is 2.35. The zero-order valence-corrected chi connectivity index (χ0v) is 24.5. The Kier molecular flexibility index (Phi) is 10.4. The van der Waals surface area contributed by atoms with Crippen molar-refractivity contribution in [3.05, 3.63) is 59.9 Å². The molecule has 0 radical (unpaired) electrons. The van der Waals surface area contributed by atoms with Crippen LogP contribution in [0.15, 0.2) is 48.7 Å². The van der Waals surface area contributed by atoms with Gasteiger partial charge in [0.05, 0.1) is 12.9 Å². The van der Waals surface area contributed by atoms with E-state index in [1.54, 1.807) is 12.1 Å². The monoisotopic (exact) mass is 571 g/mol. The number of esters is 2. The molecule has 2 aromatic heterocycles. The molecule has 0 bridgehead atoms. The second kappa shape index (κ2) is 13.6. The highest BCUT2D eigenvalue weighted by molar-refractivity contribution is 7.92. The third kappa shape index (κ3) is 8.38. The van der Waals surface area contributed by atoms with Crippen LogP contribution < -0.4 is 9.04 Å². The summed E-state index contributed by atoms with van der Waals surface area (Å²) in [5, 5.41) is 0.418. The van der Waals surface area contributed by atoms with Crippen molar-refractivity contribution in [3.8, 4) is 5.75 Å². The minimum absolute atomic E-state index is 0.0560. The molecule has 0 saturated carbocycles. The number of pyridine rings is 2. The number of hydrogen-bond acceptors (Lipinski definition) is 9. The van der Waals surface area contributed by atoms with Crippen LogP contribution in [0.25, 0.3) is 10.9 Å². The average molecular weight is 572 g/mol. The summed E-state index contributed by atoms with van der Waals surface area (Å²) in [6.45, 7) is 5.61. The zero-order valence-electron chi connectivity index (χ0n) is 23.7. The van der Waals surface area contributed by atoms with E-state index in [0.717, 1.165) is 9.87 Å². The van der Waals surface area contributed by atoms with E-state index in [-0.39, 0.29) is 35.6 Å². The van der Waals surface area contributed by atoms with Gasteiger partial charge in [0, 0.05) is 25.1 Å². The molecule has 0 unspecified atom stereocenters. The third-order valence-electron chi connectivity index (χ3n) is 5.97. The zero-order chi connectivity index (χ0) is 29.3. The lowest BCUT2D eigenvalue weighted by atomic mass is 10.1. The van der Waals surface area contributed by atoms with E-state index in [0.29, 0.717) is 43.0 Å². The number of ether oxygens (including phenoxy) is 3. The molecular weight excluding hydrogens is 534 g/mol. The number of hydrogen-bond donors (Lipinski definition) is 0. The first-order valence-corrected chi connectivity index (χ1v) is 14.8. The molecule has 10 nitrogen and oxygen atoms in total. The smallest absolute Gasteiger partial charge is 0.360 e. The number of carbonyl (C=O) groups excluding carboxylic acids is 2. The number of unbranched alkanes of at least 4 members (excludes halogenated alkanes) is 3. The van der Waals surface area contributed by atoms with Crippen LogP contribution >= 0.6 is 0 Å². The number of nitrogens with zero attached hydrogens (tertiary/aromatic N) is 3. The van der Waals surface area contributed by atoms with Gasteiger partial charge in [-0.25, -0.2) is 18.2 Å². The number of benzene rings is 1. The van der Waals surface area contributed by atoms with E-state index in [4.69, 9.17) is 14.2 Å². The quantitative estimate of drug-likeness (QED) is 0.205. The first-order chi connectivity index (χ1) is 18.9. The lowest BCUT2D eigenvalue weighted by Crippen LogP contribution is -2.30. The van der Waals surface area contributed by atoms with Crippen LogP contribution in [-0.4, -0.2) is 55.8 Å². The van der Waals surface area contributed by atoms with Gasteiger partial charge in [-0.2, -0.15) is 0 Å². The van der Waals surface area contributed by atoms with E-state index >= 15 is 0 Å². The summed E-state index contributed by atoms with van der Waals surface area (Å²) in [5.41, 5.74) is 0.484. The Morgan fingerprint density at radius 1 is 0.975 bits per heavy atom. The molecule has 40 heavy (non-hydrogen) atoms. The average Bonchev–Trinajstić information content (AvgIpc) is 2.92. The summed E-state index contributed by atoms with van der Waals surface area (Å²) >= 11 is 0. The van der Waals surface area contributed by atoms with Crippen molar-refractivity contribution in [1.29, 1.82) is 0 Å². The van der Waals surface area contributed by atoms with E-state index in [1.165, 1.54) is 20.4 Å². The number of carbonyl (C=O) groups is 2. The number of sulfonamides is 1. The first kappa shape index (κ1) is 30.8. The molecule has 3 aromatic rings. The van der Waals surface area contributed by atoms with Crippen molar-refractivity contribution >= 4 is 38.7 Å². The highest BCUT2D eigenvalue weighted by atomic mass is 32.2. The fourth-order valence-corrected chi connectivity index (χ4v) is 5.25. The molecule has 0 fully saturated rings. The molecule has 0 aliphatic heterocycles. The molecule has 0 aliphatic carbocycles. The summed E-state index contributed by atoms with van der Waals surface area (Å²) < 4.78 is 43.8. The summed E-state index contributed by atoms with van der Waals surface area (Å²) in [6.07, 6.45) is 4.18. The summed E-state index contributed by atoms with van der Waals surface area (Å²) in [4.78, 5) is 33.4. The van der Waals surface area contributed by atoms with Crippen molar-refractivity contribution < 1.29 is 32.2 Å². The van der Waals surface area contributed by atoms with Crippen molar-refractivity contribution in [2.24, 2.45) is 0 Å². The van der Waals surface area contributed by atoms with Crippen molar-refractivity contribution in [1.82, 2.24) is 9.97 Å². The molecule has 11 heteroatoms. The normalized spacial score (nSPS) is 11.7. The molecule has 216 valence electrons. The van der Waals surface area contributed by atoms with Crippen molar-refractivity contribution in [2.75, 3.05) is 24.2 Å². The van der Waals surface area contributed by atoms with Gasteiger partial charge < -0.3 is 14.2 Å². The number of anilines is 1. The summed E-state index contributed by atoms with van der Waals surface area (Å²) in [6, 6.07) is 12.7. The molecule has 1 aromatic carbocycles. The van der Waals surface area contributed by atoms with Crippen LogP contribution in [0, 0.1) is 0 Å². The molecule has 0 aliphatic rings. The molecule has 0 amide bonds. The molecule has 0 N–H and O–H groups in total. The Morgan fingerprint density at radius 3 is 2.35 bits per heavy atom. The van der Waals surface area contributed by atoms with E-state index in [1.807, 2.05) is 51.1 Å². The molecule has 0 atom stereocenters. The van der Waals surface area contributed by atoms with Crippen LogP contribution in [0.4, 0.5) is 5.82 Å². The van der Waals surface area contributed by atoms with Gasteiger partial charge in [-0.3, -0.25) is 14.1 Å². The topological polar surface area (TPSA) is 125 Å². The largest absolute Gasteiger partial charge is 0.484 e. The summed E-state index contributed by atoms with van der Waals surface area (Å²) in [7, 11) is -1.17. The van der Waals surface area contributed by atoms with Crippen LogP contribution in [0.5, 0.6) is 5.75 Å². The van der Waals surface area contributed by atoms with Crippen LogP contribution in [0.2, 0.25) is 0 Å². The second-order valence-electron chi connectivity index (χ2n) is 10.3. The molecular formula is C29H37N3O7S. The predicted octanol–water partition coefficient (Wildman–Crippen LogP) is 5.05. The number of aromatic nitrogens is 2. The maximum atomic E-state index is 13.3. The lowest BCUT2D eigenvalue weighted by Gasteiger charge is -2.22. The second-order valence-corrected chi connectivity index (χ2v) is 12.4. The lowest BCUT2D eigenvalue weighted by molar-refractivity contribution is -0.154. The minimum atomic E-state index is -3.79. The van der Waals surface area contributed by atoms with E-state index in [9.17, 15) is 18.0 Å². The van der Waals surface area contributed by atoms with Gasteiger partial charge in [-0.1, -0.05) is 43.2 Å². The van der Waals surface area contributed by atoms with E-state index in [2.05, 4.69) is 9.97 Å². The molecule has 2 heterocycles. The van der Waals surface area contributed by atoms with Crippen LogP contribution in [0.3, 0.4) is 0 Å². The van der Waals surface area contributed by atoms with Gasteiger partial charge in [0.2, 0.25) is 10.0 Å². The van der Waals surface area contributed by atoms with E-state index < -0.39 is 21.6 Å². The van der Waals surface area contributed by atoms with Gasteiger partial charge >= 0.3 is 11.9 Å². The molecule has 0 spiro atoms. The number of methoxy groups -OCH3 is 1. The van der Waals surface area contributed by atoms with Crippen molar-refractivity contribution in [2.45, 2.75) is 65.1 Å². The first-order valence-electron chi connectivity index (χ1n) is 13.1. The standard InChI is InChI=1S/C29H37N3O7S/c1-29(2,3)39-23(33)17-11-6-7-12-19-40(35,36)32(4)27-22-16-13-18-30-24(22)26(25(31-27)28(34)37-5)38-20-21-14-9-8-10-15-21/h8-10,13-16,18H,6-7,11-12,17,19-20H2,1-5H3. The van der Waals surface area contributed by atoms with Gasteiger partial charge in [0.15, 0.2) is 17.3 Å². The van der Waals surface area contributed by atoms with Crippen molar-refractivity contribution in [3.63, 3.8) is 0 Å². The fourth-order valence-electron chi connectivity index (χ4n) is 4.01. The predicted molar refractivity (Wildman–Crippen MR) is 153 cm³/mol. The molecule has 0 saturated heterocycles. The van der Waals surface area contributed by atoms with Gasteiger partial charge in [-0.05, 0) is 51.3 Å². The SMILES string of the molecule is COC(=O)c1nc(N(C)S(=O)(=O)CCCCCCC(=O)OC(C)(C)C)c2cccnc2c1OCc1ccccc1. The number of rotatable bonds is 13. The number of fused-ring (bicyclic) bond motifs is 1. The Morgan fingerprint density at radius 2 is 1.68 bits per heavy atom. The van der Waals surface area contributed by atoms with Crippen LogP contribution in [0.1, 0.15) is 68.9 Å². The van der Waals surface area contributed by atoms with Gasteiger partial charge in [-0.15, -0.1) is 0 Å². The molecule has 3 rings (SSSR count).